The quantitative estimate of drug-likeness (QED) is 0.0476. The number of unbranched alkanes of at least 4 members (excludes halogenated alkanes) is 22. The average molecular weight is 695 g/mol. The smallest absolute Gasteiger partial charge is 0.000653 e. The lowest BCUT2D eigenvalue weighted by Gasteiger charge is -2.26. The van der Waals surface area contributed by atoms with Gasteiger partial charge in [-0.15, -0.1) is 0 Å². The summed E-state index contributed by atoms with van der Waals surface area (Å²) in [5, 5.41) is 7.16. The molecule has 0 aromatic heterocycles. The number of nitrogens with one attached hydrogen (secondary N) is 2. The van der Waals surface area contributed by atoms with Crippen LogP contribution in [-0.2, 0) is 0 Å². The first kappa shape index (κ1) is 48.8. The first-order chi connectivity index (χ1) is 24.3. The average Bonchev–Trinajstić information content (AvgIpc) is 3.11. The first-order valence-corrected chi connectivity index (χ1v) is 22.5. The minimum atomic E-state index is 0.783. The number of hydrogen-bond donors (Lipinski definition) is 4. The van der Waals surface area contributed by atoms with E-state index in [0.29, 0.717) is 0 Å². The van der Waals surface area contributed by atoms with Gasteiger partial charge in [-0.25, -0.2) is 0 Å². The van der Waals surface area contributed by atoms with Crippen molar-refractivity contribution >= 4 is 0 Å². The van der Waals surface area contributed by atoms with Gasteiger partial charge in [0.2, 0.25) is 0 Å². The lowest BCUT2D eigenvalue weighted by Crippen LogP contribution is -2.34. The van der Waals surface area contributed by atoms with Crippen molar-refractivity contribution in [2.24, 2.45) is 11.5 Å². The third-order valence-corrected chi connectivity index (χ3v) is 10.4. The standard InChI is InChI=1S/C43H94N6/c1-3-5-7-9-11-13-15-17-19-21-23-25-38-48(39-26-24-22-20-18-16-14-12-10-8-6-4-2)42-31-43-49(40-29-36-46-34-27-32-44)41-30-37-47-35-28-33-45/h46-47H,3-45H2,1-2H3. The van der Waals surface area contributed by atoms with Crippen molar-refractivity contribution in [1.82, 2.24) is 20.4 Å². The molecule has 0 unspecified atom stereocenters. The van der Waals surface area contributed by atoms with Crippen LogP contribution >= 0.6 is 0 Å². The van der Waals surface area contributed by atoms with E-state index >= 15 is 0 Å². The van der Waals surface area contributed by atoms with Gasteiger partial charge in [0.15, 0.2) is 0 Å². The molecule has 0 amide bonds. The molecule has 0 fully saturated rings. The summed E-state index contributed by atoms with van der Waals surface area (Å²) >= 11 is 0. The first-order valence-electron chi connectivity index (χ1n) is 22.5. The molecule has 0 aliphatic carbocycles. The molecule has 0 heterocycles. The second kappa shape index (κ2) is 43.9. The largest absolute Gasteiger partial charge is 0.330 e. The Hall–Kier alpha value is -0.240. The van der Waals surface area contributed by atoms with Gasteiger partial charge in [0.05, 0.1) is 0 Å². The zero-order chi connectivity index (χ0) is 35.6. The van der Waals surface area contributed by atoms with Crippen LogP contribution in [0.3, 0.4) is 0 Å². The Bertz CT molecular complexity index is 533. The Labute approximate surface area is 309 Å². The lowest BCUT2D eigenvalue weighted by atomic mass is 10.0. The van der Waals surface area contributed by atoms with Crippen molar-refractivity contribution < 1.29 is 0 Å². The van der Waals surface area contributed by atoms with Crippen molar-refractivity contribution in [3.05, 3.63) is 0 Å². The van der Waals surface area contributed by atoms with Gasteiger partial charge >= 0.3 is 0 Å². The third-order valence-electron chi connectivity index (χ3n) is 10.4. The third kappa shape index (κ3) is 40.4. The molecule has 6 heteroatoms. The molecule has 0 saturated heterocycles. The minimum Gasteiger partial charge on any atom is -0.330 e. The number of hydrogen-bond acceptors (Lipinski definition) is 6. The van der Waals surface area contributed by atoms with E-state index in [1.807, 2.05) is 0 Å². The SMILES string of the molecule is CCCCCCCCCCCCCCN(CCCCCCCCCCCCCC)CCCN(CCCNCCCN)CCCNCCCN. The Morgan fingerprint density at radius 1 is 0.286 bits per heavy atom. The van der Waals surface area contributed by atoms with Gasteiger partial charge in [-0.2, -0.15) is 0 Å². The van der Waals surface area contributed by atoms with Crippen LogP contribution in [0, 0.1) is 0 Å². The molecule has 296 valence electrons. The summed E-state index contributed by atoms with van der Waals surface area (Å²) < 4.78 is 0. The van der Waals surface area contributed by atoms with Crippen LogP contribution in [0.4, 0.5) is 0 Å². The van der Waals surface area contributed by atoms with E-state index in [-0.39, 0.29) is 0 Å². The van der Waals surface area contributed by atoms with Crippen LogP contribution in [0.5, 0.6) is 0 Å². The fourth-order valence-corrected chi connectivity index (χ4v) is 7.10. The van der Waals surface area contributed by atoms with Crippen LogP contribution in [0.2, 0.25) is 0 Å². The van der Waals surface area contributed by atoms with Crippen molar-refractivity contribution in [2.75, 3.05) is 78.5 Å². The number of rotatable bonds is 44. The van der Waals surface area contributed by atoms with E-state index in [2.05, 4.69) is 34.3 Å². The highest BCUT2D eigenvalue weighted by atomic mass is 15.1. The van der Waals surface area contributed by atoms with Crippen LogP contribution in [0.1, 0.15) is 200 Å². The summed E-state index contributed by atoms with van der Waals surface area (Å²) in [6.45, 7) is 18.0. The molecule has 0 aliphatic rings. The zero-order valence-electron chi connectivity index (χ0n) is 34.0. The molecule has 0 rings (SSSR count). The second-order valence-electron chi connectivity index (χ2n) is 15.3. The van der Waals surface area contributed by atoms with E-state index in [4.69, 9.17) is 11.5 Å². The topological polar surface area (TPSA) is 82.6 Å². The van der Waals surface area contributed by atoms with Crippen molar-refractivity contribution in [1.29, 1.82) is 0 Å². The summed E-state index contributed by atoms with van der Waals surface area (Å²) in [6, 6.07) is 0. The zero-order valence-corrected chi connectivity index (χ0v) is 34.0. The highest BCUT2D eigenvalue weighted by molar-refractivity contribution is 4.66. The monoisotopic (exact) mass is 695 g/mol. The molecule has 49 heavy (non-hydrogen) atoms. The van der Waals surface area contributed by atoms with Crippen LogP contribution < -0.4 is 22.1 Å². The molecular weight excluding hydrogens is 601 g/mol. The van der Waals surface area contributed by atoms with Gasteiger partial charge in [-0.05, 0) is 123 Å². The molecule has 0 aromatic carbocycles. The molecule has 0 atom stereocenters. The van der Waals surface area contributed by atoms with Crippen molar-refractivity contribution in [3.63, 3.8) is 0 Å². The van der Waals surface area contributed by atoms with Gasteiger partial charge in [0.25, 0.3) is 0 Å². The molecule has 0 aliphatic heterocycles. The maximum absolute atomic E-state index is 5.67. The second-order valence-corrected chi connectivity index (χ2v) is 15.3. The predicted octanol–water partition coefficient (Wildman–Crippen LogP) is 10.0. The lowest BCUT2D eigenvalue weighted by molar-refractivity contribution is 0.217. The Morgan fingerprint density at radius 3 is 0.837 bits per heavy atom. The summed E-state index contributed by atoms with van der Waals surface area (Å²) in [5.74, 6) is 0. The van der Waals surface area contributed by atoms with Gasteiger partial charge in [0.1, 0.15) is 0 Å². The summed E-state index contributed by atoms with van der Waals surface area (Å²) in [4.78, 5) is 5.58. The van der Waals surface area contributed by atoms with E-state index in [9.17, 15) is 0 Å². The highest BCUT2D eigenvalue weighted by Gasteiger charge is 2.09. The highest BCUT2D eigenvalue weighted by Crippen LogP contribution is 2.14. The van der Waals surface area contributed by atoms with Crippen LogP contribution in [-0.4, -0.2) is 88.3 Å². The van der Waals surface area contributed by atoms with Gasteiger partial charge in [0, 0.05) is 0 Å². The molecule has 0 bridgehead atoms. The van der Waals surface area contributed by atoms with E-state index in [1.165, 1.54) is 213 Å². The van der Waals surface area contributed by atoms with Gasteiger partial charge in [-0.1, -0.05) is 155 Å². The molecule has 0 aromatic rings. The maximum Gasteiger partial charge on any atom is -0.000653 e. The summed E-state index contributed by atoms with van der Waals surface area (Å²) in [7, 11) is 0. The van der Waals surface area contributed by atoms with Crippen LogP contribution in [0.15, 0.2) is 0 Å². The molecule has 0 spiro atoms. The molecule has 6 N–H and O–H groups in total. The Morgan fingerprint density at radius 2 is 0.531 bits per heavy atom. The molecular formula is C43H94N6. The minimum absolute atomic E-state index is 0.783. The molecule has 0 radical (unpaired) electrons. The number of nitrogens with two attached hydrogens (primary N) is 2. The molecule has 6 nitrogen and oxygen atoms in total. The Balaban J connectivity index is 4.48. The van der Waals surface area contributed by atoms with Crippen molar-refractivity contribution in [3.8, 4) is 0 Å². The fourth-order valence-electron chi connectivity index (χ4n) is 7.10. The van der Waals surface area contributed by atoms with E-state index in [0.717, 1.165) is 52.1 Å². The molecule has 0 saturated carbocycles. The van der Waals surface area contributed by atoms with E-state index < -0.39 is 0 Å². The Kier molecular flexibility index (Phi) is 43.7. The van der Waals surface area contributed by atoms with Gasteiger partial charge < -0.3 is 31.9 Å². The predicted molar refractivity (Wildman–Crippen MR) is 222 cm³/mol. The number of nitrogens with zero attached hydrogens (tertiary/aromatic N) is 2. The normalized spacial score (nSPS) is 11.9. The summed E-state index contributed by atoms with van der Waals surface area (Å²) in [6.07, 6.45) is 40.4. The van der Waals surface area contributed by atoms with E-state index in [1.54, 1.807) is 0 Å². The fraction of sp³-hybridized carbons (Fsp3) is 1.00. The maximum atomic E-state index is 5.67. The van der Waals surface area contributed by atoms with Crippen molar-refractivity contribution in [2.45, 2.75) is 200 Å². The van der Waals surface area contributed by atoms with Gasteiger partial charge in [-0.3, -0.25) is 0 Å². The van der Waals surface area contributed by atoms with Crippen LogP contribution in [0.25, 0.3) is 0 Å². The summed E-state index contributed by atoms with van der Waals surface area (Å²) in [5.41, 5.74) is 11.3.